The largest absolute Gasteiger partial charge is 0.352 e. The highest BCUT2D eigenvalue weighted by atomic mass is 19.1. The molecule has 0 aliphatic carbocycles. The maximum absolute atomic E-state index is 13.9. The van der Waals surface area contributed by atoms with Crippen LogP contribution in [0.4, 0.5) is 10.2 Å². The first-order chi connectivity index (χ1) is 14.0. The molecule has 146 valence electrons. The lowest BCUT2D eigenvalue weighted by Crippen LogP contribution is -2.49. The third kappa shape index (κ3) is 3.52. The van der Waals surface area contributed by atoms with Gasteiger partial charge in [-0.2, -0.15) is 5.26 Å². The van der Waals surface area contributed by atoms with Gasteiger partial charge in [-0.05, 0) is 55.3 Å². The van der Waals surface area contributed by atoms with E-state index in [1.807, 2.05) is 36.9 Å². The minimum absolute atomic E-state index is 0.0911. The molecule has 6 heteroatoms. The van der Waals surface area contributed by atoms with E-state index in [0.717, 1.165) is 22.0 Å². The summed E-state index contributed by atoms with van der Waals surface area (Å²) >= 11 is 0. The molecular formula is C23H21FN4O. The number of rotatable bonds is 2. The number of carbonyl (C=O) groups excluding carboxylic acids is 1. The lowest BCUT2D eigenvalue weighted by Gasteiger charge is -2.36. The summed E-state index contributed by atoms with van der Waals surface area (Å²) in [5, 5.41) is 10.6. The van der Waals surface area contributed by atoms with Crippen molar-refractivity contribution < 1.29 is 9.18 Å². The number of nitriles is 1. The summed E-state index contributed by atoms with van der Waals surface area (Å²) in [6.45, 7) is 6.06. The number of pyridine rings is 1. The molecule has 0 atom stereocenters. The number of carbonyl (C=O) groups is 1. The van der Waals surface area contributed by atoms with Gasteiger partial charge in [0, 0.05) is 31.6 Å². The van der Waals surface area contributed by atoms with Crippen molar-refractivity contribution in [1.82, 2.24) is 9.88 Å². The maximum atomic E-state index is 13.9. The Bertz CT molecular complexity index is 1140. The average molecular weight is 388 g/mol. The van der Waals surface area contributed by atoms with Crippen LogP contribution in [0.15, 0.2) is 42.5 Å². The van der Waals surface area contributed by atoms with Gasteiger partial charge in [0.15, 0.2) is 0 Å². The van der Waals surface area contributed by atoms with Crippen LogP contribution in [0, 0.1) is 31.0 Å². The molecule has 0 saturated carbocycles. The van der Waals surface area contributed by atoms with Crippen molar-refractivity contribution >= 4 is 22.6 Å². The smallest absolute Gasteiger partial charge is 0.256 e. The second kappa shape index (κ2) is 7.51. The molecule has 1 aliphatic rings. The fourth-order valence-electron chi connectivity index (χ4n) is 3.68. The molecule has 0 N–H and O–H groups in total. The molecule has 1 saturated heterocycles. The summed E-state index contributed by atoms with van der Waals surface area (Å²) in [6.07, 6.45) is 0. The minimum Gasteiger partial charge on any atom is -0.352 e. The van der Waals surface area contributed by atoms with Gasteiger partial charge >= 0.3 is 0 Å². The molecule has 29 heavy (non-hydrogen) atoms. The Labute approximate surface area is 169 Å². The van der Waals surface area contributed by atoms with E-state index >= 15 is 0 Å². The summed E-state index contributed by atoms with van der Waals surface area (Å²) in [5.74, 6) is -0.171. The number of hydrogen-bond acceptors (Lipinski definition) is 4. The van der Waals surface area contributed by atoms with E-state index in [0.29, 0.717) is 37.6 Å². The van der Waals surface area contributed by atoms with E-state index in [1.165, 1.54) is 12.1 Å². The van der Waals surface area contributed by atoms with Crippen molar-refractivity contribution in [2.75, 3.05) is 31.1 Å². The zero-order valence-corrected chi connectivity index (χ0v) is 16.4. The van der Waals surface area contributed by atoms with Crippen molar-refractivity contribution in [1.29, 1.82) is 5.26 Å². The van der Waals surface area contributed by atoms with Gasteiger partial charge in [-0.25, -0.2) is 9.37 Å². The van der Waals surface area contributed by atoms with Crippen LogP contribution >= 0.6 is 0 Å². The molecule has 0 spiro atoms. The molecule has 1 amide bonds. The number of anilines is 1. The SMILES string of the molecule is Cc1cc2cc(C#N)c(N3CCN(C(=O)c4ccccc4F)CC3)nc2cc1C. The first-order valence-corrected chi connectivity index (χ1v) is 9.59. The van der Waals surface area contributed by atoms with Crippen LogP contribution in [0.25, 0.3) is 10.9 Å². The Kier molecular flexibility index (Phi) is 4.89. The van der Waals surface area contributed by atoms with Crippen LogP contribution < -0.4 is 4.90 Å². The number of aryl methyl sites for hydroxylation is 2. The normalized spacial score (nSPS) is 14.1. The number of amides is 1. The Balaban J connectivity index is 1.57. The van der Waals surface area contributed by atoms with Crippen molar-refractivity contribution in [3.05, 3.63) is 70.5 Å². The number of fused-ring (bicyclic) bond motifs is 1. The summed E-state index contributed by atoms with van der Waals surface area (Å²) < 4.78 is 13.9. The Morgan fingerprint density at radius 2 is 1.76 bits per heavy atom. The van der Waals surface area contributed by atoms with Crippen LogP contribution in [0.3, 0.4) is 0 Å². The predicted octanol–water partition coefficient (Wildman–Crippen LogP) is 3.82. The Hall–Kier alpha value is -3.46. The zero-order valence-electron chi connectivity index (χ0n) is 16.4. The molecule has 1 aliphatic heterocycles. The first-order valence-electron chi connectivity index (χ1n) is 9.59. The van der Waals surface area contributed by atoms with Gasteiger partial charge in [-0.1, -0.05) is 12.1 Å². The quantitative estimate of drug-likeness (QED) is 0.670. The summed E-state index contributed by atoms with van der Waals surface area (Å²) in [5.41, 5.74) is 3.78. The predicted molar refractivity (Wildman–Crippen MR) is 110 cm³/mol. The lowest BCUT2D eigenvalue weighted by molar-refractivity contribution is 0.0742. The van der Waals surface area contributed by atoms with E-state index < -0.39 is 5.82 Å². The van der Waals surface area contributed by atoms with E-state index in [1.54, 1.807) is 17.0 Å². The molecule has 1 fully saturated rings. The summed E-state index contributed by atoms with van der Waals surface area (Å²) in [4.78, 5) is 21.1. The number of piperazine rings is 1. The molecule has 0 unspecified atom stereocenters. The van der Waals surface area contributed by atoms with Gasteiger partial charge in [0.25, 0.3) is 5.91 Å². The summed E-state index contributed by atoms with van der Waals surface area (Å²) in [7, 11) is 0. The van der Waals surface area contributed by atoms with Crippen LogP contribution in [-0.2, 0) is 0 Å². The van der Waals surface area contributed by atoms with Crippen molar-refractivity contribution in [3.63, 3.8) is 0 Å². The highest BCUT2D eigenvalue weighted by Crippen LogP contribution is 2.26. The van der Waals surface area contributed by atoms with Gasteiger partial charge in [0.2, 0.25) is 0 Å². The van der Waals surface area contributed by atoms with Crippen LogP contribution in [0.5, 0.6) is 0 Å². The van der Waals surface area contributed by atoms with Crippen molar-refractivity contribution in [3.8, 4) is 6.07 Å². The molecule has 0 radical (unpaired) electrons. The third-order valence-electron chi connectivity index (χ3n) is 5.50. The molecule has 0 bridgehead atoms. The van der Waals surface area contributed by atoms with Crippen LogP contribution in [-0.4, -0.2) is 42.0 Å². The second-order valence-corrected chi connectivity index (χ2v) is 7.36. The number of aromatic nitrogens is 1. The van der Waals surface area contributed by atoms with Crippen molar-refractivity contribution in [2.24, 2.45) is 0 Å². The second-order valence-electron chi connectivity index (χ2n) is 7.36. The van der Waals surface area contributed by atoms with Crippen LogP contribution in [0.1, 0.15) is 27.0 Å². The topological polar surface area (TPSA) is 60.2 Å². The first kappa shape index (κ1) is 18.9. The molecule has 2 aromatic carbocycles. The molecule has 1 aromatic heterocycles. The molecular weight excluding hydrogens is 367 g/mol. The maximum Gasteiger partial charge on any atom is 0.256 e. The fraction of sp³-hybridized carbons (Fsp3) is 0.261. The van der Waals surface area contributed by atoms with Crippen molar-refractivity contribution in [2.45, 2.75) is 13.8 Å². The van der Waals surface area contributed by atoms with E-state index in [2.05, 4.69) is 6.07 Å². The molecule has 4 rings (SSSR count). The molecule has 3 aromatic rings. The summed E-state index contributed by atoms with van der Waals surface area (Å²) in [6, 6.07) is 14.2. The monoisotopic (exact) mass is 388 g/mol. The Morgan fingerprint density at radius 1 is 1.07 bits per heavy atom. The number of nitrogens with zero attached hydrogens (tertiary/aromatic N) is 4. The van der Waals surface area contributed by atoms with Gasteiger partial charge in [-0.15, -0.1) is 0 Å². The minimum atomic E-state index is -0.506. The molecule has 2 heterocycles. The van der Waals surface area contributed by atoms with Gasteiger partial charge in [0.1, 0.15) is 17.7 Å². The van der Waals surface area contributed by atoms with E-state index in [9.17, 15) is 14.4 Å². The lowest BCUT2D eigenvalue weighted by atomic mass is 10.0. The Morgan fingerprint density at radius 3 is 2.45 bits per heavy atom. The fourth-order valence-corrected chi connectivity index (χ4v) is 3.68. The third-order valence-corrected chi connectivity index (χ3v) is 5.50. The van der Waals surface area contributed by atoms with E-state index in [-0.39, 0.29) is 11.5 Å². The standard InChI is InChI=1S/C23H21FN4O/c1-15-11-17-13-18(14-25)22(26-21(17)12-16(15)2)27-7-9-28(10-8-27)23(29)19-5-3-4-6-20(19)24/h3-6,11-13H,7-10H2,1-2H3. The molecule has 5 nitrogen and oxygen atoms in total. The highest BCUT2D eigenvalue weighted by molar-refractivity contribution is 5.94. The van der Waals surface area contributed by atoms with Gasteiger partial charge < -0.3 is 9.80 Å². The average Bonchev–Trinajstić information content (AvgIpc) is 2.74. The highest BCUT2D eigenvalue weighted by Gasteiger charge is 2.26. The van der Waals surface area contributed by atoms with Crippen LogP contribution in [0.2, 0.25) is 0 Å². The number of halogens is 1. The van der Waals surface area contributed by atoms with Gasteiger partial charge in [0.05, 0.1) is 16.6 Å². The van der Waals surface area contributed by atoms with E-state index in [4.69, 9.17) is 4.98 Å². The number of hydrogen-bond donors (Lipinski definition) is 0. The number of benzene rings is 2. The van der Waals surface area contributed by atoms with Gasteiger partial charge in [-0.3, -0.25) is 4.79 Å². The zero-order chi connectivity index (χ0) is 20.5.